The largest absolute Gasteiger partial charge is 0.325 e. The summed E-state index contributed by atoms with van der Waals surface area (Å²) in [5.41, 5.74) is 5.54. The topological polar surface area (TPSA) is 49.5 Å². The molecule has 1 heterocycles. The molecular weight excluding hydrogens is 214 g/mol. The third-order valence-corrected chi connectivity index (χ3v) is 3.24. The van der Waals surface area contributed by atoms with Crippen molar-refractivity contribution in [3.8, 4) is 0 Å². The minimum atomic E-state index is -0.743. The number of benzene rings is 1. The summed E-state index contributed by atoms with van der Waals surface area (Å²) in [5, 5.41) is 10.8. The molecule has 16 heavy (non-hydrogen) atoms. The van der Waals surface area contributed by atoms with Crippen molar-refractivity contribution < 1.29 is 14.0 Å². The summed E-state index contributed by atoms with van der Waals surface area (Å²) in [6.07, 6.45) is 0.283. The van der Waals surface area contributed by atoms with Gasteiger partial charge in [-0.2, -0.15) is 0 Å². The first-order valence-corrected chi connectivity index (χ1v) is 5.06. The first-order chi connectivity index (χ1) is 7.34. The molecule has 1 aliphatic rings. The minimum Gasteiger partial charge on any atom is -0.325 e. The molecule has 1 aliphatic heterocycles. The number of fused-ring (bicyclic) bond motifs is 1. The lowest BCUT2D eigenvalue weighted by molar-refractivity contribution is 0.139. The average Bonchev–Trinajstić information content (AvgIpc) is 2.18. The molecule has 0 radical (unpaired) electrons. The van der Waals surface area contributed by atoms with E-state index in [4.69, 9.17) is 5.73 Å². The first-order valence-electron chi connectivity index (χ1n) is 5.06. The van der Waals surface area contributed by atoms with Crippen molar-refractivity contribution in [3.63, 3.8) is 0 Å². The second kappa shape index (κ2) is 3.40. The van der Waals surface area contributed by atoms with E-state index < -0.39 is 23.2 Å². The highest BCUT2D eigenvalue weighted by Crippen LogP contribution is 2.36. The fourth-order valence-electron chi connectivity index (χ4n) is 1.92. The lowest BCUT2D eigenvalue weighted by Gasteiger charge is -2.44. The summed E-state index contributed by atoms with van der Waals surface area (Å²) in [4.78, 5) is 0. The Labute approximate surface area is 92.4 Å². The van der Waals surface area contributed by atoms with E-state index in [1.807, 2.05) is 0 Å². The highest BCUT2D eigenvalue weighted by Gasteiger charge is 2.40. The molecule has 3 nitrogen and oxygen atoms in total. The second-order valence-electron chi connectivity index (χ2n) is 4.66. The lowest BCUT2D eigenvalue weighted by Crippen LogP contribution is -2.59. The summed E-state index contributed by atoms with van der Waals surface area (Å²) in [6, 6.07) is 1.51. The highest BCUT2D eigenvalue weighted by atomic mass is 19.1. The van der Waals surface area contributed by atoms with Gasteiger partial charge in [-0.05, 0) is 20.3 Å². The van der Waals surface area contributed by atoms with Crippen molar-refractivity contribution in [3.05, 3.63) is 29.3 Å². The van der Waals surface area contributed by atoms with E-state index in [1.54, 1.807) is 13.8 Å². The van der Waals surface area contributed by atoms with Crippen molar-refractivity contribution in [1.82, 2.24) is 0 Å². The molecule has 1 aromatic rings. The van der Waals surface area contributed by atoms with Gasteiger partial charge >= 0.3 is 0 Å². The molecule has 0 amide bonds. The SMILES string of the molecule is CC1(C)[C@@H](N)Cc2c(F)cc(F)cc2N1O. The number of rotatable bonds is 0. The number of hydrogen-bond donors (Lipinski definition) is 2. The van der Waals surface area contributed by atoms with Crippen molar-refractivity contribution in [1.29, 1.82) is 0 Å². The molecule has 0 aliphatic carbocycles. The Morgan fingerprint density at radius 3 is 2.69 bits per heavy atom. The van der Waals surface area contributed by atoms with Crippen LogP contribution in [0.15, 0.2) is 12.1 Å². The maximum atomic E-state index is 13.5. The number of hydroxylamine groups is 1. The summed E-state index contributed by atoms with van der Waals surface area (Å²) in [6.45, 7) is 3.45. The van der Waals surface area contributed by atoms with E-state index >= 15 is 0 Å². The molecule has 3 N–H and O–H groups in total. The molecule has 0 saturated heterocycles. The molecule has 0 aromatic heterocycles. The van der Waals surface area contributed by atoms with Gasteiger partial charge in [0, 0.05) is 23.7 Å². The van der Waals surface area contributed by atoms with Crippen molar-refractivity contribution in [2.75, 3.05) is 5.06 Å². The maximum absolute atomic E-state index is 13.5. The smallest absolute Gasteiger partial charge is 0.131 e. The van der Waals surface area contributed by atoms with Gasteiger partial charge in [0.1, 0.15) is 11.6 Å². The van der Waals surface area contributed by atoms with Crippen LogP contribution >= 0.6 is 0 Å². The van der Waals surface area contributed by atoms with Crippen LogP contribution in [0.3, 0.4) is 0 Å². The first kappa shape index (κ1) is 11.3. The monoisotopic (exact) mass is 228 g/mol. The van der Waals surface area contributed by atoms with Crippen molar-refractivity contribution in [2.24, 2.45) is 5.73 Å². The van der Waals surface area contributed by atoms with Crippen LogP contribution in [0.2, 0.25) is 0 Å². The highest BCUT2D eigenvalue weighted by molar-refractivity contribution is 5.57. The van der Waals surface area contributed by atoms with E-state index in [0.717, 1.165) is 17.2 Å². The predicted octanol–water partition coefficient (Wildman–Crippen LogP) is 1.82. The van der Waals surface area contributed by atoms with Gasteiger partial charge in [-0.3, -0.25) is 5.21 Å². The van der Waals surface area contributed by atoms with Gasteiger partial charge in [0.15, 0.2) is 0 Å². The third-order valence-electron chi connectivity index (χ3n) is 3.24. The molecule has 0 spiro atoms. The van der Waals surface area contributed by atoms with Crippen molar-refractivity contribution >= 4 is 5.69 Å². The van der Waals surface area contributed by atoms with Crippen LogP contribution in [-0.4, -0.2) is 16.8 Å². The summed E-state index contributed by atoms with van der Waals surface area (Å²) < 4.78 is 26.6. The molecular formula is C11H14F2N2O. The van der Waals surface area contributed by atoms with E-state index in [-0.39, 0.29) is 17.7 Å². The van der Waals surface area contributed by atoms with Crippen LogP contribution in [0.25, 0.3) is 0 Å². The van der Waals surface area contributed by atoms with Crippen LogP contribution in [0.5, 0.6) is 0 Å². The Kier molecular flexibility index (Phi) is 2.40. The van der Waals surface area contributed by atoms with E-state index in [0.29, 0.717) is 0 Å². The molecule has 1 atom stereocenters. The molecule has 0 unspecified atom stereocenters. The molecule has 2 rings (SSSR count). The van der Waals surface area contributed by atoms with Gasteiger partial charge in [-0.25, -0.2) is 13.8 Å². The average molecular weight is 228 g/mol. The standard InChI is InChI=1S/C11H14F2N2O/c1-11(2)10(14)5-7-8(13)3-6(12)4-9(7)15(11)16/h3-4,10,16H,5,14H2,1-2H3/t10-/m0/s1. The fourth-order valence-corrected chi connectivity index (χ4v) is 1.92. The predicted molar refractivity (Wildman–Crippen MR) is 56.4 cm³/mol. The van der Waals surface area contributed by atoms with Crippen LogP contribution in [0.4, 0.5) is 14.5 Å². The Morgan fingerprint density at radius 1 is 1.44 bits per heavy atom. The van der Waals surface area contributed by atoms with E-state index in [1.165, 1.54) is 0 Å². The Hall–Kier alpha value is -1.20. The van der Waals surface area contributed by atoms with Crippen LogP contribution in [-0.2, 0) is 6.42 Å². The number of anilines is 1. The van der Waals surface area contributed by atoms with Gasteiger partial charge < -0.3 is 5.73 Å². The van der Waals surface area contributed by atoms with Crippen LogP contribution in [0, 0.1) is 11.6 Å². The van der Waals surface area contributed by atoms with Crippen molar-refractivity contribution in [2.45, 2.75) is 31.8 Å². The number of hydrogen-bond acceptors (Lipinski definition) is 3. The van der Waals surface area contributed by atoms with Crippen LogP contribution < -0.4 is 10.8 Å². The minimum absolute atomic E-state index is 0.157. The third kappa shape index (κ3) is 1.47. The molecule has 88 valence electrons. The van der Waals surface area contributed by atoms with Gasteiger partial charge in [0.05, 0.1) is 11.2 Å². The summed E-state index contributed by atoms with van der Waals surface area (Å²) in [5.74, 6) is -1.37. The molecule has 5 heteroatoms. The zero-order chi connectivity index (χ0) is 12.1. The Bertz CT molecular complexity index is 434. The maximum Gasteiger partial charge on any atom is 0.131 e. The van der Waals surface area contributed by atoms with E-state index in [9.17, 15) is 14.0 Å². The quantitative estimate of drug-likeness (QED) is 0.712. The normalized spacial score (nSPS) is 23.1. The number of nitrogens with two attached hydrogens (primary N) is 1. The Morgan fingerprint density at radius 2 is 2.06 bits per heavy atom. The Balaban J connectivity index is 2.60. The van der Waals surface area contributed by atoms with Gasteiger partial charge in [0.2, 0.25) is 0 Å². The summed E-state index contributed by atoms with van der Waals surface area (Å²) in [7, 11) is 0. The fraction of sp³-hybridized carbons (Fsp3) is 0.455. The number of halogens is 2. The van der Waals surface area contributed by atoms with Crippen LogP contribution in [0.1, 0.15) is 19.4 Å². The second-order valence-corrected chi connectivity index (χ2v) is 4.66. The lowest BCUT2D eigenvalue weighted by atomic mass is 9.84. The van der Waals surface area contributed by atoms with Gasteiger partial charge in [-0.15, -0.1) is 0 Å². The molecule has 0 fully saturated rings. The molecule has 0 saturated carbocycles. The van der Waals surface area contributed by atoms with Gasteiger partial charge in [-0.1, -0.05) is 0 Å². The summed E-state index contributed by atoms with van der Waals surface area (Å²) >= 11 is 0. The molecule has 0 bridgehead atoms. The zero-order valence-corrected chi connectivity index (χ0v) is 9.17. The molecule has 1 aromatic carbocycles. The van der Waals surface area contributed by atoms with Gasteiger partial charge in [0.25, 0.3) is 0 Å². The van der Waals surface area contributed by atoms with E-state index in [2.05, 4.69) is 0 Å². The number of nitrogens with zero attached hydrogens (tertiary/aromatic N) is 1. The zero-order valence-electron chi connectivity index (χ0n) is 9.17.